The van der Waals surface area contributed by atoms with Crippen molar-refractivity contribution < 1.29 is 0 Å². The summed E-state index contributed by atoms with van der Waals surface area (Å²) in [4.78, 5) is 0. The third-order valence-electron chi connectivity index (χ3n) is 1.20. The number of hydrazine groups is 1. The van der Waals surface area contributed by atoms with Crippen molar-refractivity contribution in [3.63, 3.8) is 0 Å². The fourth-order valence-corrected chi connectivity index (χ4v) is 0.699. The molecular formula is C10H21N3. The summed E-state index contributed by atoms with van der Waals surface area (Å²) in [6, 6.07) is 0. The highest BCUT2D eigenvalue weighted by atomic mass is 15.7. The fourth-order valence-electron chi connectivity index (χ4n) is 0.699. The van der Waals surface area contributed by atoms with Crippen LogP contribution in [0.2, 0.25) is 0 Å². The fraction of sp³-hybridized carbons (Fsp3) is 0.500. The van der Waals surface area contributed by atoms with Crippen LogP contribution in [0.3, 0.4) is 0 Å². The maximum Gasteiger partial charge on any atom is 0.0730 e. The molecule has 0 aliphatic heterocycles. The summed E-state index contributed by atoms with van der Waals surface area (Å²) >= 11 is 0. The zero-order valence-electron chi connectivity index (χ0n) is 9.17. The van der Waals surface area contributed by atoms with E-state index < -0.39 is 0 Å². The maximum absolute atomic E-state index is 3.75. The average Bonchev–Trinajstić information content (AvgIpc) is 2.21. The standard InChI is InChI=1S/C8H15N3.C2H6/c1-5-8(6-2)11(9-4)10-7-3;1-2/h5-6,10H,1,4,7H2,2-3H3;1-2H3/b8-6-;. The van der Waals surface area contributed by atoms with E-state index in [2.05, 4.69) is 23.8 Å². The van der Waals surface area contributed by atoms with Crippen molar-refractivity contribution in [3.8, 4) is 0 Å². The van der Waals surface area contributed by atoms with E-state index in [9.17, 15) is 0 Å². The van der Waals surface area contributed by atoms with Gasteiger partial charge < -0.3 is 0 Å². The largest absolute Gasteiger partial charge is 0.213 e. The molecule has 76 valence electrons. The van der Waals surface area contributed by atoms with Crippen LogP contribution < -0.4 is 5.43 Å². The Morgan fingerprint density at radius 3 is 2.31 bits per heavy atom. The summed E-state index contributed by atoms with van der Waals surface area (Å²) in [5.74, 6) is 0. The van der Waals surface area contributed by atoms with Gasteiger partial charge in [0.2, 0.25) is 0 Å². The van der Waals surface area contributed by atoms with Crippen molar-refractivity contribution in [2.24, 2.45) is 5.10 Å². The van der Waals surface area contributed by atoms with Gasteiger partial charge in [-0.2, -0.15) is 10.2 Å². The van der Waals surface area contributed by atoms with Gasteiger partial charge in [-0.1, -0.05) is 33.4 Å². The summed E-state index contributed by atoms with van der Waals surface area (Å²) in [5, 5.41) is 5.34. The van der Waals surface area contributed by atoms with Crippen LogP contribution >= 0.6 is 0 Å². The van der Waals surface area contributed by atoms with Gasteiger partial charge in [0, 0.05) is 13.3 Å². The topological polar surface area (TPSA) is 27.6 Å². The number of rotatable bonds is 5. The molecule has 3 heteroatoms. The van der Waals surface area contributed by atoms with E-state index in [-0.39, 0.29) is 0 Å². The predicted octanol–water partition coefficient (Wildman–Crippen LogP) is 2.54. The predicted molar refractivity (Wildman–Crippen MR) is 60.4 cm³/mol. The molecule has 0 heterocycles. The molecule has 0 saturated carbocycles. The van der Waals surface area contributed by atoms with Gasteiger partial charge in [0.1, 0.15) is 0 Å². The number of nitrogens with zero attached hydrogens (tertiary/aromatic N) is 2. The van der Waals surface area contributed by atoms with E-state index in [1.165, 1.54) is 0 Å². The number of hydrogen-bond donors (Lipinski definition) is 1. The molecule has 3 nitrogen and oxygen atoms in total. The lowest BCUT2D eigenvalue weighted by atomic mass is 10.4. The van der Waals surface area contributed by atoms with Crippen LogP contribution in [0.4, 0.5) is 0 Å². The number of hydrazone groups is 1. The van der Waals surface area contributed by atoms with Gasteiger partial charge in [-0.05, 0) is 13.0 Å². The normalized spacial score (nSPS) is 9.69. The molecule has 0 radical (unpaired) electrons. The lowest BCUT2D eigenvalue weighted by Crippen LogP contribution is -2.31. The molecule has 0 aromatic rings. The summed E-state index contributed by atoms with van der Waals surface area (Å²) in [6.45, 7) is 15.8. The molecule has 13 heavy (non-hydrogen) atoms. The third-order valence-corrected chi connectivity index (χ3v) is 1.20. The molecule has 0 aromatic carbocycles. The lowest BCUT2D eigenvalue weighted by molar-refractivity contribution is 0.275. The zero-order valence-corrected chi connectivity index (χ0v) is 9.17. The van der Waals surface area contributed by atoms with Crippen molar-refractivity contribution in [2.75, 3.05) is 6.54 Å². The number of allylic oxidation sites excluding steroid dienone is 2. The Kier molecular flexibility index (Phi) is 12.1. The molecule has 0 aliphatic carbocycles. The highest BCUT2D eigenvalue weighted by Crippen LogP contribution is 2.00. The molecule has 0 amide bonds. The van der Waals surface area contributed by atoms with Gasteiger partial charge in [-0.25, -0.2) is 5.43 Å². The molecule has 0 spiro atoms. The average molecular weight is 183 g/mol. The van der Waals surface area contributed by atoms with E-state index in [0.717, 1.165) is 12.2 Å². The monoisotopic (exact) mass is 183 g/mol. The SMILES string of the molecule is C=C/C(=C/C)N(N=C)NCC.CC. The van der Waals surface area contributed by atoms with Crippen LogP contribution in [0.15, 0.2) is 29.5 Å². The molecule has 0 atom stereocenters. The first-order valence-corrected chi connectivity index (χ1v) is 4.59. The molecule has 0 unspecified atom stereocenters. The minimum Gasteiger partial charge on any atom is -0.213 e. The van der Waals surface area contributed by atoms with E-state index >= 15 is 0 Å². The van der Waals surface area contributed by atoms with Gasteiger partial charge >= 0.3 is 0 Å². The van der Waals surface area contributed by atoms with Crippen molar-refractivity contribution >= 4 is 6.72 Å². The van der Waals surface area contributed by atoms with Crippen LogP contribution in [0.5, 0.6) is 0 Å². The Morgan fingerprint density at radius 1 is 1.54 bits per heavy atom. The number of hydrogen-bond acceptors (Lipinski definition) is 3. The van der Waals surface area contributed by atoms with E-state index in [1.807, 2.05) is 33.8 Å². The molecule has 0 bridgehead atoms. The molecule has 1 N–H and O–H groups in total. The Hall–Kier alpha value is -1.09. The van der Waals surface area contributed by atoms with Crippen LogP contribution in [0.1, 0.15) is 27.7 Å². The first-order chi connectivity index (χ1) is 6.29. The van der Waals surface area contributed by atoms with Gasteiger partial charge in [-0.15, -0.1) is 0 Å². The second-order valence-corrected chi connectivity index (χ2v) is 1.88. The van der Waals surface area contributed by atoms with Crippen molar-refractivity contribution in [2.45, 2.75) is 27.7 Å². The van der Waals surface area contributed by atoms with Crippen LogP contribution in [0, 0.1) is 0 Å². The first-order valence-electron chi connectivity index (χ1n) is 4.59. The Morgan fingerprint density at radius 2 is 2.08 bits per heavy atom. The zero-order chi connectivity index (χ0) is 10.7. The van der Waals surface area contributed by atoms with Gasteiger partial charge in [0.05, 0.1) is 5.70 Å². The van der Waals surface area contributed by atoms with Crippen molar-refractivity contribution in [1.82, 2.24) is 10.5 Å². The molecule has 0 saturated heterocycles. The molecular weight excluding hydrogens is 162 g/mol. The quantitative estimate of drug-likeness (QED) is 0.403. The summed E-state index contributed by atoms with van der Waals surface area (Å²) in [7, 11) is 0. The second-order valence-electron chi connectivity index (χ2n) is 1.88. The summed E-state index contributed by atoms with van der Waals surface area (Å²) in [6.07, 6.45) is 3.63. The Labute approximate surface area is 81.8 Å². The van der Waals surface area contributed by atoms with Gasteiger partial charge in [0.15, 0.2) is 0 Å². The van der Waals surface area contributed by atoms with E-state index in [1.54, 1.807) is 11.2 Å². The van der Waals surface area contributed by atoms with Crippen molar-refractivity contribution in [3.05, 3.63) is 24.4 Å². The van der Waals surface area contributed by atoms with E-state index in [4.69, 9.17) is 0 Å². The highest BCUT2D eigenvalue weighted by Gasteiger charge is 1.98. The highest BCUT2D eigenvalue weighted by molar-refractivity contribution is 5.24. The van der Waals surface area contributed by atoms with Crippen LogP contribution in [-0.2, 0) is 0 Å². The smallest absolute Gasteiger partial charge is 0.0730 e. The molecule has 0 fully saturated rings. The Bertz CT molecular complexity index is 162. The van der Waals surface area contributed by atoms with Crippen LogP contribution in [0.25, 0.3) is 0 Å². The molecule has 0 rings (SSSR count). The summed E-state index contributed by atoms with van der Waals surface area (Å²) in [5.41, 5.74) is 3.90. The Balaban J connectivity index is 0. The van der Waals surface area contributed by atoms with Gasteiger partial charge in [0.25, 0.3) is 0 Å². The van der Waals surface area contributed by atoms with Crippen LogP contribution in [-0.4, -0.2) is 18.4 Å². The maximum atomic E-state index is 3.75. The summed E-state index contributed by atoms with van der Waals surface area (Å²) < 4.78 is 0. The van der Waals surface area contributed by atoms with E-state index in [0.29, 0.717) is 0 Å². The van der Waals surface area contributed by atoms with Gasteiger partial charge in [-0.3, -0.25) is 0 Å². The lowest BCUT2D eigenvalue weighted by Gasteiger charge is -2.18. The minimum absolute atomic E-state index is 0.810. The molecule has 0 aromatic heterocycles. The number of nitrogens with one attached hydrogen (secondary N) is 1. The minimum atomic E-state index is 0.810. The third kappa shape index (κ3) is 6.11. The second kappa shape index (κ2) is 10.9. The molecule has 0 aliphatic rings. The van der Waals surface area contributed by atoms with Crippen molar-refractivity contribution in [1.29, 1.82) is 0 Å². The first kappa shape index (κ1) is 14.4.